The molecule has 7 nitrogen and oxygen atoms in total. The first-order chi connectivity index (χ1) is 19.1. The minimum atomic E-state index is -0.957. The van der Waals surface area contributed by atoms with Crippen LogP contribution in [-0.2, 0) is 9.53 Å². The van der Waals surface area contributed by atoms with Crippen LogP contribution in [0.5, 0.6) is 5.75 Å². The maximum absolute atomic E-state index is 13.1. The lowest BCUT2D eigenvalue weighted by atomic mass is 10.0. The molecule has 0 fully saturated rings. The summed E-state index contributed by atoms with van der Waals surface area (Å²) in [6, 6.07) is 31.7. The first-order valence-electron chi connectivity index (χ1n) is 12.6. The number of hydrogen-bond donors (Lipinski definition) is 1. The first-order valence-corrected chi connectivity index (χ1v) is 12.6. The molecule has 7 heteroatoms. The van der Waals surface area contributed by atoms with Crippen LogP contribution in [0.3, 0.4) is 0 Å². The van der Waals surface area contributed by atoms with Gasteiger partial charge in [0.05, 0.1) is 35.1 Å². The van der Waals surface area contributed by atoms with Gasteiger partial charge >= 0.3 is 5.97 Å². The third-order valence-corrected chi connectivity index (χ3v) is 6.26. The standard InChI is InChI=1S/C32H27N3O4/c1-3-28(31(36)33-24-15-17-25(38-2)18-16-24)39-32(37)23-14-19-26-27(20-23)35-30(22-12-8-5-9-13-22)29(34-26)21-10-6-4-7-11-21/h4-20,28H,3H2,1-2H3,(H,33,36). The molecule has 1 amide bonds. The summed E-state index contributed by atoms with van der Waals surface area (Å²) in [6.45, 7) is 1.79. The molecule has 0 aliphatic carbocycles. The van der Waals surface area contributed by atoms with E-state index in [0.717, 1.165) is 16.8 Å². The summed E-state index contributed by atoms with van der Waals surface area (Å²) in [7, 11) is 1.57. The average molecular weight is 518 g/mol. The van der Waals surface area contributed by atoms with Gasteiger partial charge in [0.2, 0.25) is 0 Å². The van der Waals surface area contributed by atoms with E-state index < -0.39 is 18.0 Å². The van der Waals surface area contributed by atoms with Gasteiger partial charge < -0.3 is 14.8 Å². The van der Waals surface area contributed by atoms with Gasteiger partial charge in [-0.1, -0.05) is 67.6 Å². The van der Waals surface area contributed by atoms with Crippen LogP contribution in [0.1, 0.15) is 23.7 Å². The number of anilines is 1. The second-order valence-corrected chi connectivity index (χ2v) is 8.88. The van der Waals surface area contributed by atoms with Gasteiger partial charge in [0.25, 0.3) is 5.91 Å². The molecule has 194 valence electrons. The third kappa shape index (κ3) is 5.78. The van der Waals surface area contributed by atoms with E-state index in [9.17, 15) is 9.59 Å². The van der Waals surface area contributed by atoms with E-state index in [-0.39, 0.29) is 0 Å². The molecule has 1 unspecified atom stereocenters. The lowest BCUT2D eigenvalue weighted by molar-refractivity contribution is -0.124. The fraction of sp³-hybridized carbons (Fsp3) is 0.125. The molecule has 1 aromatic heterocycles. The molecule has 0 bridgehead atoms. The Labute approximate surface area is 226 Å². The van der Waals surface area contributed by atoms with Crippen molar-refractivity contribution in [2.45, 2.75) is 19.4 Å². The molecule has 0 spiro atoms. The summed E-state index contributed by atoms with van der Waals surface area (Å²) in [6.07, 6.45) is -0.638. The average Bonchev–Trinajstić information content (AvgIpc) is 3.00. The Kier molecular flexibility index (Phi) is 7.59. The van der Waals surface area contributed by atoms with Crippen LogP contribution in [-0.4, -0.2) is 35.1 Å². The number of ether oxygens (including phenoxy) is 2. The fourth-order valence-electron chi connectivity index (χ4n) is 4.19. The SMILES string of the molecule is CCC(OC(=O)c1ccc2nc(-c3ccccc3)c(-c3ccccc3)nc2c1)C(=O)Nc1ccc(OC)cc1. The van der Waals surface area contributed by atoms with Crippen molar-refractivity contribution < 1.29 is 19.1 Å². The number of hydrogen-bond acceptors (Lipinski definition) is 6. The Morgan fingerprint density at radius 3 is 1.92 bits per heavy atom. The quantitative estimate of drug-likeness (QED) is 0.235. The predicted octanol–water partition coefficient (Wildman–Crippen LogP) is 6.55. The molecule has 4 aromatic carbocycles. The molecule has 0 aliphatic rings. The van der Waals surface area contributed by atoms with E-state index in [1.54, 1.807) is 56.5 Å². The van der Waals surface area contributed by atoms with E-state index in [1.807, 2.05) is 60.7 Å². The molecule has 5 rings (SSSR count). The Balaban J connectivity index is 1.42. The van der Waals surface area contributed by atoms with E-state index in [4.69, 9.17) is 19.4 Å². The molecule has 1 N–H and O–H groups in total. The summed E-state index contributed by atoms with van der Waals surface area (Å²) >= 11 is 0. The maximum Gasteiger partial charge on any atom is 0.338 e. The summed E-state index contributed by atoms with van der Waals surface area (Å²) in [5.41, 5.74) is 5.41. The van der Waals surface area contributed by atoms with Gasteiger partial charge in [-0.3, -0.25) is 4.79 Å². The number of esters is 1. The van der Waals surface area contributed by atoms with Crippen LogP contribution in [0.15, 0.2) is 103 Å². The van der Waals surface area contributed by atoms with Crippen molar-refractivity contribution in [3.63, 3.8) is 0 Å². The second-order valence-electron chi connectivity index (χ2n) is 8.88. The normalized spacial score (nSPS) is 11.5. The number of aromatic nitrogens is 2. The Morgan fingerprint density at radius 2 is 1.36 bits per heavy atom. The number of nitrogens with one attached hydrogen (secondary N) is 1. The number of methoxy groups -OCH3 is 1. The largest absolute Gasteiger partial charge is 0.497 e. The van der Waals surface area contributed by atoms with Crippen molar-refractivity contribution in [1.82, 2.24) is 9.97 Å². The van der Waals surface area contributed by atoms with Crippen LogP contribution in [0.2, 0.25) is 0 Å². The van der Waals surface area contributed by atoms with Gasteiger partial charge in [-0.2, -0.15) is 0 Å². The third-order valence-electron chi connectivity index (χ3n) is 6.26. The van der Waals surface area contributed by atoms with E-state index in [1.165, 1.54) is 0 Å². The lowest BCUT2D eigenvalue weighted by Gasteiger charge is -2.16. The Morgan fingerprint density at radius 1 is 0.769 bits per heavy atom. The molecule has 0 saturated heterocycles. The fourth-order valence-corrected chi connectivity index (χ4v) is 4.19. The van der Waals surface area contributed by atoms with Crippen molar-refractivity contribution >= 4 is 28.6 Å². The minimum Gasteiger partial charge on any atom is -0.497 e. The highest BCUT2D eigenvalue weighted by molar-refractivity contribution is 5.99. The molecular weight excluding hydrogens is 490 g/mol. The van der Waals surface area contributed by atoms with Crippen LogP contribution in [0.25, 0.3) is 33.5 Å². The van der Waals surface area contributed by atoms with Gasteiger partial charge in [-0.25, -0.2) is 14.8 Å². The summed E-state index contributed by atoms with van der Waals surface area (Å²) < 4.78 is 10.7. The highest BCUT2D eigenvalue weighted by Crippen LogP contribution is 2.31. The summed E-state index contributed by atoms with van der Waals surface area (Å²) in [5.74, 6) is -0.337. The van der Waals surface area contributed by atoms with Crippen molar-refractivity contribution in [2.24, 2.45) is 0 Å². The number of carbonyl (C=O) groups is 2. The molecular formula is C32H27N3O4. The number of carbonyl (C=O) groups excluding carboxylic acids is 2. The molecule has 1 atom stereocenters. The number of fused-ring (bicyclic) bond motifs is 1. The zero-order valence-corrected chi connectivity index (χ0v) is 21.6. The summed E-state index contributed by atoms with van der Waals surface area (Å²) in [4.78, 5) is 35.7. The zero-order chi connectivity index (χ0) is 27.2. The topological polar surface area (TPSA) is 90.4 Å². The van der Waals surface area contributed by atoms with Gasteiger partial charge in [0.1, 0.15) is 5.75 Å². The lowest BCUT2D eigenvalue weighted by Crippen LogP contribution is -2.32. The van der Waals surface area contributed by atoms with Crippen molar-refractivity contribution in [3.05, 3.63) is 109 Å². The zero-order valence-electron chi connectivity index (χ0n) is 21.6. The van der Waals surface area contributed by atoms with Crippen molar-refractivity contribution in [2.75, 3.05) is 12.4 Å². The number of rotatable bonds is 8. The number of amides is 1. The van der Waals surface area contributed by atoms with Gasteiger partial charge in [0.15, 0.2) is 6.10 Å². The first kappa shape index (κ1) is 25.6. The number of benzene rings is 4. The smallest absolute Gasteiger partial charge is 0.338 e. The van der Waals surface area contributed by atoms with Crippen LogP contribution in [0, 0.1) is 0 Å². The molecule has 39 heavy (non-hydrogen) atoms. The monoisotopic (exact) mass is 517 g/mol. The molecule has 0 saturated carbocycles. The van der Waals surface area contributed by atoms with E-state index in [0.29, 0.717) is 40.1 Å². The summed E-state index contributed by atoms with van der Waals surface area (Å²) in [5, 5.41) is 2.78. The van der Waals surface area contributed by atoms with Gasteiger partial charge in [-0.05, 0) is 48.9 Å². The van der Waals surface area contributed by atoms with Gasteiger partial charge in [0, 0.05) is 16.8 Å². The highest BCUT2D eigenvalue weighted by Gasteiger charge is 2.23. The molecule has 0 aliphatic heterocycles. The molecule has 0 radical (unpaired) electrons. The Bertz CT molecular complexity index is 1600. The highest BCUT2D eigenvalue weighted by atomic mass is 16.5. The Hall–Kier alpha value is -5.04. The minimum absolute atomic E-state index is 0.291. The van der Waals surface area contributed by atoms with Crippen molar-refractivity contribution in [3.8, 4) is 28.3 Å². The number of nitrogens with zero attached hydrogens (tertiary/aromatic N) is 2. The van der Waals surface area contributed by atoms with Crippen molar-refractivity contribution in [1.29, 1.82) is 0 Å². The van der Waals surface area contributed by atoms with Gasteiger partial charge in [-0.15, -0.1) is 0 Å². The van der Waals surface area contributed by atoms with Crippen LogP contribution in [0.4, 0.5) is 5.69 Å². The predicted molar refractivity (Wildman–Crippen MR) is 152 cm³/mol. The van der Waals surface area contributed by atoms with E-state index >= 15 is 0 Å². The molecule has 5 aromatic rings. The maximum atomic E-state index is 13.1. The van der Waals surface area contributed by atoms with Crippen LogP contribution >= 0.6 is 0 Å². The van der Waals surface area contributed by atoms with E-state index in [2.05, 4.69) is 5.32 Å². The second kappa shape index (κ2) is 11.6. The molecule has 1 heterocycles. The van der Waals surface area contributed by atoms with Crippen LogP contribution < -0.4 is 10.1 Å².